The van der Waals surface area contributed by atoms with E-state index in [0.29, 0.717) is 18.5 Å². The van der Waals surface area contributed by atoms with Gasteiger partial charge < -0.3 is 10.5 Å². The molecular weight excluding hydrogens is 286 g/mol. The Hall–Kier alpha value is -1.49. The molecule has 2 unspecified atom stereocenters. The van der Waals surface area contributed by atoms with Gasteiger partial charge in [0.25, 0.3) is 0 Å². The lowest BCUT2D eigenvalue weighted by molar-refractivity contribution is 0.155. The smallest absolute Gasteiger partial charge is 0.150 e. The lowest BCUT2D eigenvalue weighted by Gasteiger charge is -2.29. The van der Waals surface area contributed by atoms with E-state index in [9.17, 15) is 8.42 Å². The zero-order valence-electron chi connectivity index (χ0n) is 12.4. The molecule has 0 saturated heterocycles. The number of anilines is 1. The van der Waals surface area contributed by atoms with Crippen molar-refractivity contribution in [3.05, 3.63) is 36.4 Å². The summed E-state index contributed by atoms with van der Waals surface area (Å²) < 4.78 is 29.5. The van der Waals surface area contributed by atoms with Gasteiger partial charge in [-0.05, 0) is 49.4 Å². The largest absolute Gasteiger partial charge is 0.490 e. The first-order chi connectivity index (χ1) is 9.90. The standard InChI is InChI=1S/C16H23NO3S/c1-3-5-12-10-13(17)8-9-16(12)20-14-6-4-7-15(11-14)21(2,18)19/h3,8-10,14-15H,1,4-7,11,17H2,2H3. The van der Waals surface area contributed by atoms with Crippen LogP contribution in [0.1, 0.15) is 31.2 Å². The molecule has 21 heavy (non-hydrogen) atoms. The SMILES string of the molecule is C=CCc1cc(N)ccc1OC1CCCC(S(C)(=O)=O)C1. The van der Waals surface area contributed by atoms with E-state index < -0.39 is 9.84 Å². The van der Waals surface area contributed by atoms with Gasteiger partial charge in [0.05, 0.1) is 11.4 Å². The maximum absolute atomic E-state index is 11.7. The van der Waals surface area contributed by atoms with Gasteiger partial charge in [-0.2, -0.15) is 0 Å². The van der Waals surface area contributed by atoms with E-state index in [-0.39, 0.29) is 11.4 Å². The van der Waals surface area contributed by atoms with Gasteiger partial charge in [0.1, 0.15) is 15.6 Å². The van der Waals surface area contributed by atoms with Crippen LogP contribution < -0.4 is 10.5 Å². The molecule has 2 N–H and O–H groups in total. The van der Waals surface area contributed by atoms with Crippen molar-refractivity contribution in [3.63, 3.8) is 0 Å². The Labute approximate surface area is 126 Å². The van der Waals surface area contributed by atoms with Crippen molar-refractivity contribution in [1.82, 2.24) is 0 Å². The Morgan fingerprint density at radius 3 is 2.86 bits per heavy atom. The summed E-state index contributed by atoms with van der Waals surface area (Å²) in [6.07, 6.45) is 6.83. The van der Waals surface area contributed by atoms with Gasteiger partial charge in [-0.25, -0.2) is 8.42 Å². The molecule has 0 aromatic heterocycles. The van der Waals surface area contributed by atoms with Gasteiger partial charge in [-0.3, -0.25) is 0 Å². The second-order valence-electron chi connectivity index (χ2n) is 5.72. The maximum Gasteiger partial charge on any atom is 0.150 e. The van der Waals surface area contributed by atoms with E-state index in [4.69, 9.17) is 10.5 Å². The van der Waals surface area contributed by atoms with Gasteiger partial charge in [-0.1, -0.05) is 6.08 Å². The first kappa shape index (κ1) is 15.9. The number of benzene rings is 1. The van der Waals surface area contributed by atoms with Gasteiger partial charge in [0.2, 0.25) is 0 Å². The van der Waals surface area contributed by atoms with Gasteiger partial charge in [-0.15, -0.1) is 6.58 Å². The average Bonchev–Trinajstić information content (AvgIpc) is 2.42. The lowest BCUT2D eigenvalue weighted by atomic mass is 9.97. The first-order valence-electron chi connectivity index (χ1n) is 7.25. The number of nitrogen functional groups attached to an aromatic ring is 1. The van der Waals surface area contributed by atoms with E-state index in [1.807, 2.05) is 18.2 Å². The summed E-state index contributed by atoms with van der Waals surface area (Å²) in [5, 5.41) is -0.284. The van der Waals surface area contributed by atoms with Crippen LogP contribution in [0.5, 0.6) is 5.75 Å². The summed E-state index contributed by atoms with van der Waals surface area (Å²) in [5.74, 6) is 0.781. The van der Waals surface area contributed by atoms with Gasteiger partial charge in [0.15, 0.2) is 0 Å². The summed E-state index contributed by atoms with van der Waals surface area (Å²) in [7, 11) is -2.99. The first-order valence-corrected chi connectivity index (χ1v) is 9.20. The van der Waals surface area contributed by atoms with Crippen molar-refractivity contribution in [1.29, 1.82) is 0 Å². The Balaban J connectivity index is 2.12. The molecule has 2 rings (SSSR count). The fourth-order valence-corrected chi connectivity index (χ4v) is 3.97. The molecule has 0 amide bonds. The van der Waals surface area contributed by atoms with Crippen molar-refractivity contribution in [2.75, 3.05) is 12.0 Å². The minimum absolute atomic E-state index is 0.0503. The second kappa shape index (κ2) is 6.52. The highest BCUT2D eigenvalue weighted by Crippen LogP contribution is 2.30. The van der Waals surface area contributed by atoms with Crippen molar-refractivity contribution >= 4 is 15.5 Å². The maximum atomic E-state index is 11.7. The lowest BCUT2D eigenvalue weighted by Crippen LogP contribution is -2.33. The molecule has 2 atom stereocenters. The molecule has 0 heterocycles. The van der Waals surface area contributed by atoms with Crippen LogP contribution in [-0.2, 0) is 16.3 Å². The molecule has 0 bridgehead atoms. The van der Waals surface area contributed by atoms with Crippen molar-refractivity contribution in [2.24, 2.45) is 0 Å². The fourth-order valence-electron chi connectivity index (χ4n) is 2.81. The van der Waals surface area contributed by atoms with Crippen molar-refractivity contribution in [3.8, 4) is 5.75 Å². The molecule has 5 heteroatoms. The summed E-state index contributed by atoms with van der Waals surface area (Å²) in [6, 6.07) is 5.55. The van der Waals surface area contributed by atoms with Gasteiger partial charge in [0, 0.05) is 18.4 Å². The van der Waals surface area contributed by atoms with E-state index in [0.717, 1.165) is 30.6 Å². The van der Waals surface area contributed by atoms with E-state index >= 15 is 0 Å². The Morgan fingerprint density at radius 2 is 2.19 bits per heavy atom. The summed E-state index contributed by atoms with van der Waals surface area (Å²) in [6.45, 7) is 3.74. The monoisotopic (exact) mass is 309 g/mol. The number of hydrogen-bond donors (Lipinski definition) is 1. The number of hydrogen-bond acceptors (Lipinski definition) is 4. The van der Waals surface area contributed by atoms with Crippen molar-refractivity contribution < 1.29 is 13.2 Å². The number of ether oxygens (including phenoxy) is 1. The molecule has 1 aromatic rings. The van der Waals surface area contributed by atoms with Crippen LogP contribution in [0.25, 0.3) is 0 Å². The third-order valence-corrected chi connectivity index (χ3v) is 5.57. The Kier molecular flexibility index (Phi) is 4.93. The molecular formula is C16H23NO3S. The van der Waals surface area contributed by atoms with Crippen LogP contribution in [0.4, 0.5) is 5.69 Å². The second-order valence-corrected chi connectivity index (χ2v) is 8.04. The predicted octanol–water partition coefficient (Wildman–Crippen LogP) is 2.73. The van der Waals surface area contributed by atoms with E-state index in [2.05, 4.69) is 6.58 Å². The molecule has 1 aliphatic rings. The summed E-state index contributed by atoms with van der Waals surface area (Å²) >= 11 is 0. The highest BCUT2D eigenvalue weighted by molar-refractivity contribution is 7.91. The van der Waals surface area contributed by atoms with Crippen molar-refractivity contribution in [2.45, 2.75) is 43.5 Å². The number of sulfone groups is 1. The van der Waals surface area contributed by atoms with Crippen LogP contribution in [0.2, 0.25) is 0 Å². The van der Waals surface area contributed by atoms with E-state index in [1.54, 1.807) is 6.07 Å². The highest BCUT2D eigenvalue weighted by Gasteiger charge is 2.30. The minimum Gasteiger partial charge on any atom is -0.490 e. The Morgan fingerprint density at radius 1 is 1.43 bits per heavy atom. The van der Waals surface area contributed by atoms with Crippen LogP contribution in [-0.4, -0.2) is 26.0 Å². The third kappa shape index (κ3) is 4.24. The van der Waals surface area contributed by atoms with Crippen LogP contribution in [0.3, 0.4) is 0 Å². The summed E-state index contributed by atoms with van der Waals surface area (Å²) in [4.78, 5) is 0. The molecule has 1 saturated carbocycles. The van der Waals surface area contributed by atoms with Crippen LogP contribution >= 0.6 is 0 Å². The number of rotatable bonds is 5. The molecule has 4 nitrogen and oxygen atoms in total. The molecule has 1 aliphatic carbocycles. The quantitative estimate of drug-likeness (QED) is 0.670. The molecule has 1 fully saturated rings. The van der Waals surface area contributed by atoms with E-state index in [1.165, 1.54) is 6.26 Å². The van der Waals surface area contributed by atoms with Gasteiger partial charge >= 0.3 is 0 Å². The number of allylic oxidation sites excluding steroid dienone is 1. The fraction of sp³-hybridized carbons (Fsp3) is 0.500. The zero-order chi connectivity index (χ0) is 15.5. The average molecular weight is 309 g/mol. The van der Waals surface area contributed by atoms with Crippen LogP contribution in [0.15, 0.2) is 30.9 Å². The Bertz CT molecular complexity index is 610. The van der Waals surface area contributed by atoms with Crippen LogP contribution in [0, 0.1) is 0 Å². The predicted molar refractivity (Wildman–Crippen MR) is 86.3 cm³/mol. The number of nitrogens with two attached hydrogens (primary N) is 1. The molecule has 0 spiro atoms. The molecule has 116 valence electrons. The third-order valence-electron chi connectivity index (χ3n) is 3.93. The highest BCUT2D eigenvalue weighted by atomic mass is 32.2. The molecule has 1 aromatic carbocycles. The topological polar surface area (TPSA) is 69.4 Å². The minimum atomic E-state index is -2.99. The molecule has 0 aliphatic heterocycles. The molecule has 0 radical (unpaired) electrons. The normalized spacial score (nSPS) is 22.7. The summed E-state index contributed by atoms with van der Waals surface area (Å²) in [5.41, 5.74) is 7.48. The zero-order valence-corrected chi connectivity index (χ0v) is 13.2.